The summed E-state index contributed by atoms with van der Waals surface area (Å²) in [6.45, 7) is 0. The molecule has 7 heteroatoms. The van der Waals surface area contributed by atoms with Gasteiger partial charge in [-0.25, -0.2) is 4.79 Å². The van der Waals surface area contributed by atoms with Crippen molar-refractivity contribution in [2.75, 3.05) is 5.32 Å². The van der Waals surface area contributed by atoms with Gasteiger partial charge in [0.25, 0.3) is 5.91 Å². The monoisotopic (exact) mass is 367 g/mol. The summed E-state index contributed by atoms with van der Waals surface area (Å²) in [5, 5.41) is 4.31. The van der Waals surface area contributed by atoms with Crippen molar-refractivity contribution in [3.8, 4) is 0 Å². The molecular weight excluding hydrogens is 361 g/mol. The summed E-state index contributed by atoms with van der Waals surface area (Å²) in [4.78, 5) is 24.3. The largest absolute Gasteiger partial charge is 0.422 e. The first-order chi connectivity index (χ1) is 10.9. The third kappa shape index (κ3) is 3.50. The van der Waals surface area contributed by atoms with E-state index in [1.165, 1.54) is 24.3 Å². The van der Waals surface area contributed by atoms with Crippen molar-refractivity contribution in [3.63, 3.8) is 0 Å². The molecule has 1 amide bonds. The number of rotatable bonds is 2. The lowest BCUT2D eigenvalue weighted by atomic mass is 10.1. The molecule has 0 aliphatic rings. The zero-order chi connectivity index (χ0) is 16.6. The van der Waals surface area contributed by atoms with Crippen LogP contribution in [-0.4, -0.2) is 5.91 Å². The quantitative estimate of drug-likeness (QED) is 0.647. The standard InChI is InChI=1S/C16H8Cl3NO3/c17-9-1-2-14-8(3-9)4-13(16(22)23-14)15(21)20-12-6-10(18)5-11(19)7-12/h1-7H,(H,20,21). The molecule has 0 aliphatic carbocycles. The number of carbonyl (C=O) groups excluding carboxylic acids is 1. The van der Waals surface area contributed by atoms with Crippen LogP contribution in [0.15, 0.2) is 51.7 Å². The van der Waals surface area contributed by atoms with E-state index in [-0.39, 0.29) is 5.56 Å². The van der Waals surface area contributed by atoms with E-state index < -0.39 is 11.5 Å². The fourth-order valence-electron chi connectivity index (χ4n) is 2.08. The Labute approximate surface area is 145 Å². The minimum atomic E-state index is -0.745. The maximum atomic E-state index is 12.3. The topological polar surface area (TPSA) is 59.3 Å². The van der Waals surface area contributed by atoms with Crippen LogP contribution < -0.4 is 10.9 Å². The van der Waals surface area contributed by atoms with Crippen LogP contribution in [0.4, 0.5) is 5.69 Å². The second kappa shape index (κ2) is 6.24. The molecule has 2 aromatic carbocycles. The molecule has 1 heterocycles. The molecule has 0 spiro atoms. The van der Waals surface area contributed by atoms with E-state index in [1.54, 1.807) is 18.2 Å². The first kappa shape index (κ1) is 15.9. The van der Waals surface area contributed by atoms with Crippen molar-refractivity contribution in [2.24, 2.45) is 0 Å². The average Bonchev–Trinajstić information content (AvgIpc) is 2.45. The smallest absolute Gasteiger partial charge is 0.349 e. The fourth-order valence-corrected chi connectivity index (χ4v) is 2.78. The molecule has 23 heavy (non-hydrogen) atoms. The van der Waals surface area contributed by atoms with Crippen molar-refractivity contribution in [1.29, 1.82) is 0 Å². The van der Waals surface area contributed by atoms with Gasteiger partial charge in [-0.2, -0.15) is 0 Å². The maximum Gasteiger partial charge on any atom is 0.349 e. The summed E-state index contributed by atoms with van der Waals surface area (Å²) in [7, 11) is 0. The van der Waals surface area contributed by atoms with Crippen molar-refractivity contribution in [1.82, 2.24) is 0 Å². The minimum absolute atomic E-state index is 0.143. The summed E-state index contributed by atoms with van der Waals surface area (Å²) in [6, 6.07) is 10.8. The van der Waals surface area contributed by atoms with Gasteiger partial charge < -0.3 is 9.73 Å². The molecule has 3 rings (SSSR count). The van der Waals surface area contributed by atoms with Gasteiger partial charge in [-0.3, -0.25) is 4.79 Å². The van der Waals surface area contributed by atoms with Crippen LogP contribution in [0.3, 0.4) is 0 Å². The van der Waals surface area contributed by atoms with Gasteiger partial charge >= 0.3 is 5.63 Å². The maximum absolute atomic E-state index is 12.3. The van der Waals surface area contributed by atoms with Crippen LogP contribution in [0.25, 0.3) is 11.0 Å². The fraction of sp³-hybridized carbons (Fsp3) is 0. The first-order valence-corrected chi connectivity index (χ1v) is 7.56. The number of hydrogen-bond donors (Lipinski definition) is 1. The van der Waals surface area contributed by atoms with Crippen molar-refractivity contribution in [2.45, 2.75) is 0 Å². The molecule has 0 unspecified atom stereocenters. The van der Waals surface area contributed by atoms with Crippen LogP contribution in [0.5, 0.6) is 0 Å². The number of carbonyl (C=O) groups is 1. The highest BCUT2D eigenvalue weighted by Gasteiger charge is 2.14. The molecule has 0 aliphatic heterocycles. The summed E-state index contributed by atoms with van der Waals surface area (Å²) in [6.07, 6.45) is 0. The normalized spacial score (nSPS) is 10.7. The third-order valence-electron chi connectivity index (χ3n) is 3.06. The summed E-state index contributed by atoms with van der Waals surface area (Å²) < 4.78 is 5.13. The van der Waals surface area contributed by atoms with E-state index in [1.807, 2.05) is 0 Å². The second-order valence-electron chi connectivity index (χ2n) is 4.74. The Kier molecular flexibility index (Phi) is 4.31. The van der Waals surface area contributed by atoms with Crippen molar-refractivity contribution >= 4 is 57.4 Å². The molecule has 0 saturated carbocycles. The number of anilines is 1. The molecule has 116 valence electrons. The molecule has 0 fully saturated rings. The lowest BCUT2D eigenvalue weighted by molar-refractivity contribution is 0.102. The van der Waals surface area contributed by atoms with Gasteiger partial charge in [-0.05, 0) is 42.5 Å². The van der Waals surface area contributed by atoms with Crippen molar-refractivity contribution in [3.05, 3.63) is 73.5 Å². The van der Waals surface area contributed by atoms with Crippen LogP contribution >= 0.6 is 34.8 Å². The highest BCUT2D eigenvalue weighted by molar-refractivity contribution is 6.35. The first-order valence-electron chi connectivity index (χ1n) is 6.43. The third-order valence-corrected chi connectivity index (χ3v) is 3.73. The molecular formula is C16H8Cl3NO3. The van der Waals surface area contributed by atoms with E-state index in [0.29, 0.717) is 31.7 Å². The second-order valence-corrected chi connectivity index (χ2v) is 6.05. The molecule has 1 N–H and O–H groups in total. The Hall–Kier alpha value is -2.01. The lowest BCUT2D eigenvalue weighted by Gasteiger charge is -2.06. The number of fused-ring (bicyclic) bond motifs is 1. The van der Waals surface area contributed by atoms with E-state index in [9.17, 15) is 9.59 Å². The Balaban J connectivity index is 2.00. The van der Waals surface area contributed by atoms with Gasteiger partial charge in [-0.15, -0.1) is 0 Å². The van der Waals surface area contributed by atoms with E-state index in [2.05, 4.69) is 5.32 Å². The number of benzene rings is 2. The van der Waals surface area contributed by atoms with Crippen LogP contribution in [0, 0.1) is 0 Å². The summed E-state index contributed by atoms with van der Waals surface area (Å²) in [5.41, 5.74) is -0.166. The lowest BCUT2D eigenvalue weighted by Crippen LogP contribution is -2.20. The summed E-state index contributed by atoms with van der Waals surface area (Å²) >= 11 is 17.7. The number of halogens is 3. The Morgan fingerprint density at radius 1 is 0.913 bits per heavy atom. The minimum Gasteiger partial charge on any atom is -0.422 e. The Morgan fingerprint density at radius 2 is 1.61 bits per heavy atom. The van der Waals surface area contributed by atoms with Gasteiger partial charge in [0.1, 0.15) is 11.1 Å². The zero-order valence-electron chi connectivity index (χ0n) is 11.4. The highest BCUT2D eigenvalue weighted by atomic mass is 35.5. The van der Waals surface area contributed by atoms with E-state index >= 15 is 0 Å². The zero-order valence-corrected chi connectivity index (χ0v) is 13.7. The predicted molar refractivity (Wildman–Crippen MR) is 91.9 cm³/mol. The molecule has 0 bridgehead atoms. The molecule has 4 nitrogen and oxygen atoms in total. The van der Waals surface area contributed by atoms with Gasteiger partial charge in [0, 0.05) is 26.1 Å². The molecule has 3 aromatic rings. The average molecular weight is 369 g/mol. The highest BCUT2D eigenvalue weighted by Crippen LogP contribution is 2.23. The van der Waals surface area contributed by atoms with E-state index in [4.69, 9.17) is 39.2 Å². The van der Waals surface area contributed by atoms with Gasteiger partial charge in [-0.1, -0.05) is 34.8 Å². The van der Waals surface area contributed by atoms with Crippen LogP contribution in [0.2, 0.25) is 15.1 Å². The predicted octanol–water partition coefficient (Wildman–Crippen LogP) is 5.01. The van der Waals surface area contributed by atoms with Gasteiger partial charge in [0.05, 0.1) is 0 Å². The number of hydrogen-bond acceptors (Lipinski definition) is 3. The summed E-state index contributed by atoms with van der Waals surface area (Å²) in [5.74, 6) is -0.626. The Morgan fingerprint density at radius 3 is 2.30 bits per heavy atom. The van der Waals surface area contributed by atoms with Gasteiger partial charge in [0.2, 0.25) is 0 Å². The van der Waals surface area contributed by atoms with Crippen LogP contribution in [0.1, 0.15) is 10.4 Å². The molecule has 0 radical (unpaired) electrons. The van der Waals surface area contributed by atoms with Crippen molar-refractivity contribution < 1.29 is 9.21 Å². The molecule has 0 saturated heterocycles. The molecule has 0 atom stereocenters. The Bertz CT molecular complexity index is 962. The molecule has 1 aromatic heterocycles. The number of amides is 1. The van der Waals surface area contributed by atoms with E-state index in [0.717, 1.165) is 0 Å². The number of nitrogens with one attached hydrogen (secondary N) is 1. The SMILES string of the molecule is O=C(Nc1cc(Cl)cc(Cl)c1)c1cc2cc(Cl)ccc2oc1=O. The van der Waals surface area contributed by atoms with Gasteiger partial charge in [0.15, 0.2) is 0 Å². The van der Waals surface area contributed by atoms with Crippen LogP contribution in [-0.2, 0) is 0 Å².